The Hall–Kier alpha value is -0.340. The number of hydrogen-bond acceptors (Lipinski definition) is 2. The molecule has 1 saturated heterocycles. The summed E-state index contributed by atoms with van der Waals surface area (Å²) in [5, 5.41) is 3.72. The van der Waals surface area contributed by atoms with E-state index in [9.17, 15) is 0 Å². The molecule has 0 radical (unpaired) electrons. The van der Waals surface area contributed by atoms with Gasteiger partial charge in [-0.15, -0.1) is 0 Å². The average Bonchev–Trinajstić information content (AvgIpc) is 2.80. The quantitative estimate of drug-likeness (QED) is 0.741. The SMILES string of the molecule is CC1=CC(C)CC(CNCC(C)CN2CCCC2)C1. The summed E-state index contributed by atoms with van der Waals surface area (Å²) in [4.78, 5) is 2.63. The molecule has 1 aliphatic carbocycles. The van der Waals surface area contributed by atoms with E-state index in [0.717, 1.165) is 17.8 Å². The molecule has 2 nitrogen and oxygen atoms in total. The summed E-state index contributed by atoms with van der Waals surface area (Å²) < 4.78 is 0. The van der Waals surface area contributed by atoms with Crippen LogP contribution in [0.25, 0.3) is 0 Å². The van der Waals surface area contributed by atoms with Crippen LogP contribution in [-0.2, 0) is 0 Å². The van der Waals surface area contributed by atoms with Gasteiger partial charge in [-0.05, 0) is 76.5 Å². The molecule has 0 aromatic rings. The van der Waals surface area contributed by atoms with Crippen LogP contribution in [0, 0.1) is 17.8 Å². The average molecular weight is 264 g/mol. The fourth-order valence-electron chi connectivity index (χ4n) is 3.85. The number of allylic oxidation sites excluding steroid dienone is 2. The Morgan fingerprint density at radius 3 is 2.79 bits per heavy atom. The molecule has 0 aromatic carbocycles. The fourth-order valence-corrected chi connectivity index (χ4v) is 3.85. The highest BCUT2D eigenvalue weighted by molar-refractivity contribution is 5.06. The molecule has 0 spiro atoms. The summed E-state index contributed by atoms with van der Waals surface area (Å²) in [6, 6.07) is 0. The zero-order chi connectivity index (χ0) is 13.7. The van der Waals surface area contributed by atoms with Gasteiger partial charge in [0.05, 0.1) is 0 Å². The number of hydrogen-bond donors (Lipinski definition) is 1. The van der Waals surface area contributed by atoms with Crippen LogP contribution in [0.1, 0.15) is 46.5 Å². The lowest BCUT2D eigenvalue weighted by atomic mass is 9.83. The van der Waals surface area contributed by atoms with Crippen molar-refractivity contribution < 1.29 is 0 Å². The van der Waals surface area contributed by atoms with E-state index in [2.05, 4.69) is 37.1 Å². The topological polar surface area (TPSA) is 15.3 Å². The minimum atomic E-state index is 0.780. The zero-order valence-corrected chi connectivity index (χ0v) is 13.1. The van der Waals surface area contributed by atoms with E-state index in [1.54, 1.807) is 5.57 Å². The summed E-state index contributed by atoms with van der Waals surface area (Å²) >= 11 is 0. The molecular formula is C17H32N2. The first-order valence-corrected chi connectivity index (χ1v) is 8.24. The molecule has 1 heterocycles. The van der Waals surface area contributed by atoms with Crippen LogP contribution in [0.5, 0.6) is 0 Å². The first-order valence-electron chi connectivity index (χ1n) is 8.24. The minimum Gasteiger partial charge on any atom is -0.316 e. The monoisotopic (exact) mass is 264 g/mol. The van der Waals surface area contributed by atoms with Crippen molar-refractivity contribution in [3.8, 4) is 0 Å². The van der Waals surface area contributed by atoms with Crippen LogP contribution in [-0.4, -0.2) is 37.6 Å². The van der Waals surface area contributed by atoms with Crippen LogP contribution in [0.15, 0.2) is 11.6 Å². The molecule has 0 bridgehead atoms. The van der Waals surface area contributed by atoms with Crippen LogP contribution < -0.4 is 5.32 Å². The van der Waals surface area contributed by atoms with Gasteiger partial charge in [-0.1, -0.05) is 25.5 Å². The lowest BCUT2D eigenvalue weighted by Gasteiger charge is -2.27. The smallest absolute Gasteiger partial charge is 0.00191 e. The Balaban J connectivity index is 1.59. The van der Waals surface area contributed by atoms with E-state index in [1.807, 2.05) is 0 Å². The lowest BCUT2D eigenvalue weighted by molar-refractivity contribution is 0.277. The van der Waals surface area contributed by atoms with Crippen molar-refractivity contribution in [2.24, 2.45) is 17.8 Å². The Bertz CT molecular complexity index is 292. The van der Waals surface area contributed by atoms with Crippen molar-refractivity contribution in [2.45, 2.75) is 46.5 Å². The van der Waals surface area contributed by atoms with Gasteiger partial charge in [-0.25, -0.2) is 0 Å². The van der Waals surface area contributed by atoms with Crippen molar-refractivity contribution in [1.82, 2.24) is 10.2 Å². The standard InChI is InChI=1S/C17H32N2/c1-14-8-15(2)10-17(9-14)12-18-11-16(3)13-19-6-4-5-7-19/h8,14,16-18H,4-7,9-13H2,1-3H3. The number of nitrogens with one attached hydrogen (secondary N) is 1. The summed E-state index contributed by atoms with van der Waals surface area (Å²) in [6.07, 6.45) is 7.94. The van der Waals surface area contributed by atoms with E-state index in [0.29, 0.717) is 0 Å². The molecule has 110 valence electrons. The van der Waals surface area contributed by atoms with Gasteiger partial charge in [0.15, 0.2) is 0 Å². The second-order valence-electron chi connectivity index (χ2n) is 7.07. The van der Waals surface area contributed by atoms with Gasteiger partial charge < -0.3 is 10.2 Å². The lowest BCUT2D eigenvalue weighted by Crippen LogP contribution is -2.34. The maximum absolute atomic E-state index is 3.72. The molecule has 3 atom stereocenters. The minimum absolute atomic E-state index is 0.780. The van der Waals surface area contributed by atoms with Crippen LogP contribution in [0.4, 0.5) is 0 Å². The Labute approximate surface area is 119 Å². The first-order chi connectivity index (χ1) is 9.13. The first kappa shape index (κ1) is 15.1. The zero-order valence-electron chi connectivity index (χ0n) is 13.1. The molecule has 1 N–H and O–H groups in total. The normalized spacial score (nSPS) is 30.4. The second-order valence-corrected chi connectivity index (χ2v) is 7.07. The van der Waals surface area contributed by atoms with Crippen molar-refractivity contribution in [3.63, 3.8) is 0 Å². The number of nitrogens with zero attached hydrogens (tertiary/aromatic N) is 1. The van der Waals surface area contributed by atoms with E-state index in [4.69, 9.17) is 0 Å². The van der Waals surface area contributed by atoms with Crippen molar-refractivity contribution in [3.05, 3.63) is 11.6 Å². The third kappa shape index (κ3) is 5.27. The maximum Gasteiger partial charge on any atom is 0.00191 e. The van der Waals surface area contributed by atoms with Crippen molar-refractivity contribution >= 4 is 0 Å². The van der Waals surface area contributed by atoms with Gasteiger partial charge in [-0.3, -0.25) is 0 Å². The maximum atomic E-state index is 3.72. The largest absolute Gasteiger partial charge is 0.316 e. The molecule has 2 aliphatic rings. The molecule has 0 saturated carbocycles. The van der Waals surface area contributed by atoms with E-state index >= 15 is 0 Å². The third-order valence-corrected chi connectivity index (χ3v) is 4.58. The van der Waals surface area contributed by atoms with Gasteiger partial charge in [0.2, 0.25) is 0 Å². The van der Waals surface area contributed by atoms with Crippen LogP contribution in [0.2, 0.25) is 0 Å². The number of rotatable bonds is 6. The summed E-state index contributed by atoms with van der Waals surface area (Å²) in [6.45, 7) is 13.4. The van der Waals surface area contributed by atoms with Crippen LogP contribution in [0.3, 0.4) is 0 Å². The molecule has 2 heteroatoms. The van der Waals surface area contributed by atoms with E-state index in [-0.39, 0.29) is 0 Å². The van der Waals surface area contributed by atoms with Gasteiger partial charge in [-0.2, -0.15) is 0 Å². The predicted molar refractivity (Wildman–Crippen MR) is 83.4 cm³/mol. The van der Waals surface area contributed by atoms with E-state index < -0.39 is 0 Å². The predicted octanol–water partition coefficient (Wildman–Crippen LogP) is 3.30. The Morgan fingerprint density at radius 1 is 1.37 bits per heavy atom. The molecular weight excluding hydrogens is 232 g/mol. The highest BCUT2D eigenvalue weighted by Crippen LogP contribution is 2.27. The summed E-state index contributed by atoms with van der Waals surface area (Å²) in [7, 11) is 0. The Morgan fingerprint density at radius 2 is 2.11 bits per heavy atom. The van der Waals surface area contributed by atoms with E-state index in [1.165, 1.54) is 58.4 Å². The third-order valence-electron chi connectivity index (χ3n) is 4.58. The molecule has 1 fully saturated rings. The molecule has 3 unspecified atom stereocenters. The summed E-state index contributed by atoms with van der Waals surface area (Å²) in [5.41, 5.74) is 1.59. The highest BCUT2D eigenvalue weighted by Gasteiger charge is 2.18. The van der Waals surface area contributed by atoms with Gasteiger partial charge in [0.1, 0.15) is 0 Å². The summed E-state index contributed by atoms with van der Waals surface area (Å²) in [5.74, 6) is 2.43. The van der Waals surface area contributed by atoms with Crippen molar-refractivity contribution in [2.75, 3.05) is 32.7 Å². The molecule has 1 aliphatic heterocycles. The van der Waals surface area contributed by atoms with Gasteiger partial charge in [0.25, 0.3) is 0 Å². The molecule has 0 aromatic heterocycles. The molecule has 2 rings (SSSR count). The fraction of sp³-hybridized carbons (Fsp3) is 0.882. The Kier molecular flexibility index (Phi) is 5.90. The molecule has 19 heavy (non-hydrogen) atoms. The second kappa shape index (κ2) is 7.44. The van der Waals surface area contributed by atoms with Gasteiger partial charge >= 0.3 is 0 Å². The van der Waals surface area contributed by atoms with Gasteiger partial charge in [0, 0.05) is 6.54 Å². The van der Waals surface area contributed by atoms with Crippen molar-refractivity contribution in [1.29, 1.82) is 0 Å². The molecule has 0 amide bonds. The highest BCUT2D eigenvalue weighted by atomic mass is 15.1. The number of likely N-dealkylation sites (tertiary alicyclic amines) is 1. The van der Waals surface area contributed by atoms with Crippen LogP contribution >= 0.6 is 0 Å².